The number of nitrogens with two attached hydrogens (primary N) is 1. The summed E-state index contributed by atoms with van der Waals surface area (Å²) in [5.74, 6) is 1.65. The predicted molar refractivity (Wildman–Crippen MR) is 69.1 cm³/mol. The first-order chi connectivity index (χ1) is 8.50. The summed E-state index contributed by atoms with van der Waals surface area (Å²) in [4.78, 5) is 10.3. The third kappa shape index (κ3) is 2.32. The molecule has 18 heavy (non-hydrogen) atoms. The summed E-state index contributed by atoms with van der Waals surface area (Å²) >= 11 is 0. The monoisotopic (exact) mass is 252 g/mol. The quantitative estimate of drug-likeness (QED) is 0.661. The van der Waals surface area contributed by atoms with Crippen LogP contribution in [0.2, 0.25) is 0 Å². The second kappa shape index (κ2) is 4.96. The Morgan fingerprint density at radius 2 is 2.06 bits per heavy atom. The molecular weight excluding hydrogens is 232 g/mol. The van der Waals surface area contributed by atoms with Crippen molar-refractivity contribution in [2.24, 2.45) is 11.8 Å². The highest BCUT2D eigenvalue weighted by molar-refractivity contribution is 5.51. The maximum Gasteiger partial charge on any atom is 0.330 e. The molecule has 0 atom stereocenters. The van der Waals surface area contributed by atoms with Gasteiger partial charge in [0.2, 0.25) is 5.82 Å². The summed E-state index contributed by atoms with van der Waals surface area (Å²) in [5.41, 5.74) is 5.71. The van der Waals surface area contributed by atoms with E-state index in [1.165, 1.54) is 6.20 Å². The molecule has 1 aromatic heterocycles. The van der Waals surface area contributed by atoms with Gasteiger partial charge in [-0.25, -0.2) is 4.68 Å². The zero-order chi connectivity index (χ0) is 13.3. The number of nitrogen functional groups attached to an aromatic ring is 1. The van der Waals surface area contributed by atoms with E-state index in [0.29, 0.717) is 5.92 Å². The third-order valence-electron chi connectivity index (χ3n) is 4.04. The number of rotatable bonds is 3. The van der Waals surface area contributed by atoms with E-state index in [9.17, 15) is 10.1 Å². The van der Waals surface area contributed by atoms with Gasteiger partial charge in [-0.05, 0) is 37.5 Å². The van der Waals surface area contributed by atoms with Crippen molar-refractivity contribution in [1.29, 1.82) is 0 Å². The van der Waals surface area contributed by atoms with Crippen LogP contribution in [0.1, 0.15) is 45.6 Å². The number of hydrogen-bond donors (Lipinski definition) is 1. The Bertz CT molecular complexity index is 433. The van der Waals surface area contributed by atoms with Crippen LogP contribution < -0.4 is 5.73 Å². The number of anilines is 1. The van der Waals surface area contributed by atoms with Crippen molar-refractivity contribution < 1.29 is 4.92 Å². The lowest BCUT2D eigenvalue weighted by atomic mass is 9.80. The summed E-state index contributed by atoms with van der Waals surface area (Å²) in [5, 5.41) is 14.8. The molecule has 1 fully saturated rings. The third-order valence-corrected chi connectivity index (χ3v) is 4.04. The zero-order valence-corrected chi connectivity index (χ0v) is 10.9. The van der Waals surface area contributed by atoms with Crippen molar-refractivity contribution in [3.05, 3.63) is 16.3 Å². The first-order valence-electron chi connectivity index (χ1n) is 6.48. The van der Waals surface area contributed by atoms with Crippen molar-refractivity contribution in [3.63, 3.8) is 0 Å². The second-order valence-corrected chi connectivity index (χ2v) is 5.43. The van der Waals surface area contributed by atoms with Gasteiger partial charge < -0.3 is 5.73 Å². The van der Waals surface area contributed by atoms with Crippen LogP contribution in [0.4, 0.5) is 11.5 Å². The molecule has 1 aromatic rings. The molecular formula is C12H20N4O2. The maximum absolute atomic E-state index is 10.7. The van der Waals surface area contributed by atoms with E-state index in [-0.39, 0.29) is 17.5 Å². The zero-order valence-electron chi connectivity index (χ0n) is 10.9. The minimum Gasteiger partial charge on any atom is -0.378 e. The van der Waals surface area contributed by atoms with Gasteiger partial charge in [0, 0.05) is 0 Å². The fourth-order valence-electron chi connectivity index (χ4n) is 2.81. The topological polar surface area (TPSA) is 87.0 Å². The van der Waals surface area contributed by atoms with Gasteiger partial charge in [-0.2, -0.15) is 5.10 Å². The first kappa shape index (κ1) is 12.9. The normalized spacial score (nSPS) is 24.4. The van der Waals surface area contributed by atoms with Gasteiger partial charge >= 0.3 is 5.69 Å². The van der Waals surface area contributed by atoms with Crippen LogP contribution in [0, 0.1) is 22.0 Å². The summed E-state index contributed by atoms with van der Waals surface area (Å²) in [6.07, 6.45) is 5.56. The number of nitrogens with zero attached hydrogens (tertiary/aromatic N) is 3. The Morgan fingerprint density at radius 1 is 1.44 bits per heavy atom. The molecule has 1 aliphatic rings. The summed E-state index contributed by atoms with van der Waals surface area (Å²) in [6, 6.07) is 0.216. The Hall–Kier alpha value is -1.59. The molecule has 1 heterocycles. The molecule has 0 unspecified atom stereocenters. The molecule has 0 radical (unpaired) electrons. The molecule has 1 saturated carbocycles. The lowest BCUT2D eigenvalue weighted by molar-refractivity contribution is -0.384. The molecule has 2 N–H and O–H groups in total. The first-order valence-corrected chi connectivity index (χ1v) is 6.48. The number of nitro groups is 1. The van der Waals surface area contributed by atoms with E-state index in [4.69, 9.17) is 5.73 Å². The molecule has 6 heteroatoms. The minimum atomic E-state index is -0.474. The van der Waals surface area contributed by atoms with Gasteiger partial charge in [-0.1, -0.05) is 13.8 Å². The Morgan fingerprint density at radius 3 is 2.50 bits per heavy atom. The standard InChI is InChI=1S/C12H20N4O2/c1-8(2)9-3-5-10(6-4-9)15-12(13)11(7-14-15)16(17)18/h7-10H,3-6,13H2,1-2H3. The van der Waals surface area contributed by atoms with Gasteiger partial charge in [0.15, 0.2) is 0 Å². The van der Waals surface area contributed by atoms with Gasteiger partial charge in [0.25, 0.3) is 0 Å². The van der Waals surface area contributed by atoms with Gasteiger partial charge in [-0.15, -0.1) is 0 Å². The largest absolute Gasteiger partial charge is 0.378 e. The lowest BCUT2D eigenvalue weighted by Crippen LogP contribution is -2.22. The fourth-order valence-corrected chi connectivity index (χ4v) is 2.81. The van der Waals surface area contributed by atoms with Crippen LogP contribution in [-0.2, 0) is 0 Å². The van der Waals surface area contributed by atoms with Crippen LogP contribution in [0.15, 0.2) is 6.20 Å². The van der Waals surface area contributed by atoms with E-state index >= 15 is 0 Å². The van der Waals surface area contributed by atoms with E-state index in [0.717, 1.165) is 31.6 Å². The minimum absolute atomic E-state index is 0.0824. The second-order valence-electron chi connectivity index (χ2n) is 5.43. The molecule has 100 valence electrons. The summed E-state index contributed by atoms with van der Waals surface area (Å²) in [6.45, 7) is 4.50. The van der Waals surface area contributed by atoms with Crippen LogP contribution in [0.5, 0.6) is 0 Å². The van der Waals surface area contributed by atoms with Crippen LogP contribution >= 0.6 is 0 Å². The van der Waals surface area contributed by atoms with Gasteiger partial charge in [-0.3, -0.25) is 10.1 Å². The number of aromatic nitrogens is 2. The molecule has 0 spiro atoms. The fraction of sp³-hybridized carbons (Fsp3) is 0.750. The smallest absolute Gasteiger partial charge is 0.330 e. The average molecular weight is 252 g/mol. The van der Waals surface area contributed by atoms with Crippen molar-refractivity contribution in [1.82, 2.24) is 9.78 Å². The molecule has 0 bridgehead atoms. The number of hydrogen-bond acceptors (Lipinski definition) is 4. The molecule has 6 nitrogen and oxygen atoms in total. The Kier molecular flexibility index (Phi) is 3.54. The van der Waals surface area contributed by atoms with E-state index in [1.807, 2.05) is 0 Å². The maximum atomic E-state index is 10.7. The highest BCUT2D eigenvalue weighted by atomic mass is 16.6. The van der Waals surface area contributed by atoms with E-state index < -0.39 is 4.92 Å². The van der Waals surface area contributed by atoms with Gasteiger partial charge in [0.1, 0.15) is 6.20 Å². The average Bonchev–Trinajstić information content (AvgIpc) is 2.71. The van der Waals surface area contributed by atoms with E-state index in [2.05, 4.69) is 18.9 Å². The van der Waals surface area contributed by atoms with E-state index in [1.54, 1.807) is 4.68 Å². The molecule has 0 amide bonds. The molecule has 1 aliphatic carbocycles. The predicted octanol–water partition coefficient (Wildman–Crippen LogP) is 2.76. The molecule has 2 rings (SSSR count). The SMILES string of the molecule is CC(C)C1CCC(n2ncc([N+](=O)[O-])c2N)CC1. The van der Waals surface area contributed by atoms with Crippen molar-refractivity contribution in [3.8, 4) is 0 Å². The highest BCUT2D eigenvalue weighted by Crippen LogP contribution is 2.37. The highest BCUT2D eigenvalue weighted by Gasteiger charge is 2.28. The molecule has 0 aliphatic heterocycles. The van der Waals surface area contributed by atoms with Crippen molar-refractivity contribution in [2.75, 3.05) is 5.73 Å². The molecule has 0 saturated heterocycles. The van der Waals surface area contributed by atoms with Crippen molar-refractivity contribution in [2.45, 2.75) is 45.6 Å². The summed E-state index contributed by atoms with van der Waals surface area (Å²) < 4.78 is 1.63. The van der Waals surface area contributed by atoms with Crippen molar-refractivity contribution >= 4 is 11.5 Å². The Balaban J connectivity index is 2.08. The molecule has 0 aromatic carbocycles. The van der Waals surface area contributed by atoms with Crippen LogP contribution in [0.3, 0.4) is 0 Å². The van der Waals surface area contributed by atoms with Crippen LogP contribution in [-0.4, -0.2) is 14.7 Å². The Labute approximate surface area is 106 Å². The lowest BCUT2D eigenvalue weighted by Gasteiger charge is -2.31. The summed E-state index contributed by atoms with van der Waals surface area (Å²) in [7, 11) is 0. The van der Waals surface area contributed by atoms with Crippen LogP contribution in [0.25, 0.3) is 0 Å². The van der Waals surface area contributed by atoms with Gasteiger partial charge in [0.05, 0.1) is 11.0 Å².